The van der Waals surface area contributed by atoms with Crippen molar-refractivity contribution in [3.63, 3.8) is 0 Å². The molecular weight excluding hydrogens is 504 g/mol. The third kappa shape index (κ3) is 11.1. The number of hydrogen-bond acceptors (Lipinski definition) is 8. The van der Waals surface area contributed by atoms with E-state index >= 15 is 0 Å². The van der Waals surface area contributed by atoms with E-state index in [9.17, 15) is 29.4 Å². The maximum absolute atomic E-state index is 13.3. The van der Waals surface area contributed by atoms with Crippen molar-refractivity contribution in [1.29, 1.82) is 0 Å². The van der Waals surface area contributed by atoms with Crippen LogP contribution in [0.4, 0.5) is 0 Å². The van der Waals surface area contributed by atoms with Crippen LogP contribution < -0.4 is 21.7 Å². The van der Waals surface area contributed by atoms with Crippen molar-refractivity contribution in [2.75, 3.05) is 24.0 Å². The van der Waals surface area contributed by atoms with Crippen molar-refractivity contribution in [1.82, 2.24) is 16.0 Å². The Balaban J connectivity index is 3.06. The van der Waals surface area contributed by atoms with Gasteiger partial charge in [0.15, 0.2) is 0 Å². The van der Waals surface area contributed by atoms with Gasteiger partial charge in [-0.2, -0.15) is 23.5 Å². The number of rotatable bonds is 16. The standard InChI is InChI=1S/C24H38N4O6S2/c1-14(2)20(23(32)26-18(24(33)34)10-12-36-4)28-22(31)19(13-15-5-7-16(29)8-6-15)27-21(30)17(25)9-11-35-3/h5-8,14,17-20,29H,9-13,25H2,1-4H3,(H,26,32)(H,27,30)(H,28,31)(H,33,34). The van der Waals surface area contributed by atoms with Gasteiger partial charge in [0.2, 0.25) is 17.7 Å². The van der Waals surface area contributed by atoms with Crippen LogP contribution in [0.3, 0.4) is 0 Å². The molecule has 0 heterocycles. The highest BCUT2D eigenvalue weighted by Crippen LogP contribution is 2.13. The fraction of sp³-hybridized carbons (Fsp3) is 0.583. The number of nitrogens with one attached hydrogen (secondary N) is 3. The van der Waals surface area contributed by atoms with Gasteiger partial charge in [-0.05, 0) is 60.5 Å². The predicted octanol–water partition coefficient (Wildman–Crippen LogP) is 0.963. The molecule has 0 aliphatic heterocycles. The van der Waals surface area contributed by atoms with E-state index in [0.717, 1.165) is 0 Å². The lowest BCUT2D eigenvalue weighted by Gasteiger charge is -2.27. The molecular formula is C24H38N4O6S2. The summed E-state index contributed by atoms with van der Waals surface area (Å²) in [6, 6.07) is 2.27. The zero-order valence-electron chi connectivity index (χ0n) is 21.2. The van der Waals surface area contributed by atoms with E-state index < -0.39 is 47.9 Å². The molecule has 202 valence electrons. The monoisotopic (exact) mass is 542 g/mol. The fourth-order valence-electron chi connectivity index (χ4n) is 3.28. The van der Waals surface area contributed by atoms with Gasteiger partial charge in [0.1, 0.15) is 23.9 Å². The third-order valence-electron chi connectivity index (χ3n) is 5.45. The fourth-order valence-corrected chi connectivity index (χ4v) is 4.24. The van der Waals surface area contributed by atoms with Crippen molar-refractivity contribution in [2.45, 2.75) is 57.3 Å². The molecule has 0 radical (unpaired) electrons. The molecule has 1 rings (SSSR count). The number of phenolic OH excluding ortho intramolecular Hbond substituents is 1. The summed E-state index contributed by atoms with van der Waals surface area (Å²) < 4.78 is 0. The summed E-state index contributed by atoms with van der Waals surface area (Å²) in [5, 5.41) is 26.9. The van der Waals surface area contributed by atoms with Crippen LogP contribution in [0.2, 0.25) is 0 Å². The largest absolute Gasteiger partial charge is 0.508 e. The predicted molar refractivity (Wildman–Crippen MR) is 144 cm³/mol. The second kappa shape index (κ2) is 16.3. The van der Waals surface area contributed by atoms with E-state index in [2.05, 4.69) is 16.0 Å². The third-order valence-corrected chi connectivity index (χ3v) is 6.74. The first-order valence-corrected chi connectivity index (χ1v) is 14.4. The first kappa shape index (κ1) is 31.6. The first-order valence-electron chi connectivity index (χ1n) is 11.6. The van der Waals surface area contributed by atoms with Gasteiger partial charge in [-0.3, -0.25) is 14.4 Å². The van der Waals surface area contributed by atoms with Crippen LogP contribution in [0, 0.1) is 5.92 Å². The van der Waals surface area contributed by atoms with Crippen molar-refractivity contribution in [3.8, 4) is 5.75 Å². The van der Waals surface area contributed by atoms with Crippen molar-refractivity contribution in [2.24, 2.45) is 11.7 Å². The second-order valence-corrected chi connectivity index (χ2v) is 10.7. The lowest BCUT2D eigenvalue weighted by Crippen LogP contribution is -2.59. The maximum atomic E-state index is 13.3. The Morgan fingerprint density at radius 1 is 0.861 bits per heavy atom. The molecule has 0 saturated heterocycles. The Bertz CT molecular complexity index is 869. The minimum absolute atomic E-state index is 0.0638. The highest BCUT2D eigenvalue weighted by molar-refractivity contribution is 7.98. The quantitative estimate of drug-likeness (QED) is 0.178. The average molecular weight is 543 g/mol. The topological polar surface area (TPSA) is 171 Å². The van der Waals surface area contributed by atoms with E-state index in [0.29, 0.717) is 23.5 Å². The van der Waals surface area contributed by atoms with E-state index in [4.69, 9.17) is 5.73 Å². The summed E-state index contributed by atoms with van der Waals surface area (Å²) in [5.74, 6) is -1.91. The Morgan fingerprint density at radius 2 is 1.42 bits per heavy atom. The smallest absolute Gasteiger partial charge is 0.326 e. The number of nitrogens with two attached hydrogens (primary N) is 1. The van der Waals surface area contributed by atoms with Gasteiger partial charge in [0, 0.05) is 6.42 Å². The van der Waals surface area contributed by atoms with Gasteiger partial charge >= 0.3 is 5.97 Å². The molecule has 0 fully saturated rings. The minimum atomic E-state index is -1.15. The molecule has 10 nitrogen and oxygen atoms in total. The summed E-state index contributed by atoms with van der Waals surface area (Å²) in [6.07, 6.45) is 4.52. The van der Waals surface area contributed by atoms with Crippen LogP contribution in [-0.4, -0.2) is 82.1 Å². The molecule has 0 aromatic heterocycles. The summed E-state index contributed by atoms with van der Waals surface area (Å²) in [6.45, 7) is 3.46. The number of thioether (sulfide) groups is 2. The number of aliphatic carboxylic acids is 1. The molecule has 1 aromatic rings. The van der Waals surface area contributed by atoms with Crippen molar-refractivity contribution < 1.29 is 29.4 Å². The Hall–Kier alpha value is -2.44. The number of amides is 3. The molecule has 1 aromatic carbocycles. The molecule has 4 atom stereocenters. The van der Waals surface area contributed by atoms with Crippen LogP contribution in [0.25, 0.3) is 0 Å². The molecule has 36 heavy (non-hydrogen) atoms. The summed E-state index contributed by atoms with van der Waals surface area (Å²) in [7, 11) is 0. The molecule has 0 aliphatic rings. The van der Waals surface area contributed by atoms with E-state index in [-0.39, 0.29) is 24.5 Å². The summed E-state index contributed by atoms with van der Waals surface area (Å²) in [4.78, 5) is 50.4. The second-order valence-electron chi connectivity index (χ2n) is 8.73. The molecule has 7 N–H and O–H groups in total. The molecule has 0 bridgehead atoms. The molecule has 0 saturated carbocycles. The van der Waals surface area contributed by atoms with Gasteiger partial charge in [-0.15, -0.1) is 0 Å². The normalized spacial score (nSPS) is 14.4. The van der Waals surface area contributed by atoms with Gasteiger partial charge < -0.3 is 31.9 Å². The van der Waals surface area contributed by atoms with Gasteiger partial charge in [-0.25, -0.2) is 4.79 Å². The van der Waals surface area contributed by atoms with Gasteiger partial charge in [0.05, 0.1) is 6.04 Å². The number of carbonyl (C=O) groups excluding carboxylic acids is 3. The molecule has 4 unspecified atom stereocenters. The summed E-state index contributed by atoms with van der Waals surface area (Å²) >= 11 is 3.02. The van der Waals surface area contributed by atoms with E-state index in [1.54, 1.807) is 37.7 Å². The average Bonchev–Trinajstić information content (AvgIpc) is 2.83. The number of phenols is 1. The zero-order valence-corrected chi connectivity index (χ0v) is 22.8. The number of benzene rings is 1. The first-order chi connectivity index (χ1) is 17.0. The van der Waals surface area contributed by atoms with Crippen LogP contribution in [0.5, 0.6) is 5.75 Å². The number of hydrogen-bond donors (Lipinski definition) is 6. The van der Waals surface area contributed by atoms with Crippen molar-refractivity contribution in [3.05, 3.63) is 29.8 Å². The zero-order chi connectivity index (χ0) is 27.3. The number of carboxylic acids is 1. The number of carboxylic acid groups (broad SMARTS) is 1. The highest BCUT2D eigenvalue weighted by Gasteiger charge is 2.32. The van der Waals surface area contributed by atoms with E-state index in [1.165, 1.54) is 23.9 Å². The molecule has 12 heteroatoms. The Kier molecular flexibility index (Phi) is 14.3. The van der Waals surface area contributed by atoms with E-state index in [1.807, 2.05) is 12.5 Å². The SMILES string of the molecule is CSCCC(N)C(=O)NC(Cc1ccc(O)cc1)C(=O)NC(C(=O)NC(CCSC)C(=O)O)C(C)C. The molecule has 0 spiro atoms. The Labute approximate surface area is 220 Å². The number of aromatic hydroxyl groups is 1. The Morgan fingerprint density at radius 3 is 1.94 bits per heavy atom. The highest BCUT2D eigenvalue weighted by atomic mass is 32.2. The van der Waals surface area contributed by atoms with Gasteiger partial charge in [0.25, 0.3) is 0 Å². The van der Waals surface area contributed by atoms with Crippen LogP contribution in [-0.2, 0) is 25.6 Å². The van der Waals surface area contributed by atoms with Crippen LogP contribution in [0.15, 0.2) is 24.3 Å². The van der Waals surface area contributed by atoms with Crippen LogP contribution in [0.1, 0.15) is 32.3 Å². The maximum Gasteiger partial charge on any atom is 0.326 e. The van der Waals surface area contributed by atoms with Crippen molar-refractivity contribution >= 4 is 47.2 Å². The number of carbonyl (C=O) groups is 4. The molecule has 0 aliphatic carbocycles. The molecule has 3 amide bonds. The van der Waals surface area contributed by atoms with Gasteiger partial charge in [-0.1, -0.05) is 26.0 Å². The lowest BCUT2D eigenvalue weighted by molar-refractivity contribution is -0.142. The van der Waals surface area contributed by atoms with Crippen LogP contribution >= 0.6 is 23.5 Å². The minimum Gasteiger partial charge on any atom is -0.508 e. The summed E-state index contributed by atoms with van der Waals surface area (Å²) in [5.41, 5.74) is 6.65. The lowest BCUT2D eigenvalue weighted by atomic mass is 10.00.